The van der Waals surface area contributed by atoms with Crippen molar-refractivity contribution in [1.29, 1.82) is 0 Å². The minimum atomic E-state index is -0.306. The van der Waals surface area contributed by atoms with Gasteiger partial charge in [-0.15, -0.1) is 0 Å². The molecule has 0 unspecified atom stereocenters. The maximum absolute atomic E-state index is 13.4. The molecule has 0 amide bonds. The summed E-state index contributed by atoms with van der Waals surface area (Å²) in [5.41, 5.74) is 1.83. The highest BCUT2D eigenvalue weighted by Crippen LogP contribution is 2.28. The number of aromatic nitrogens is 1. The van der Waals surface area contributed by atoms with Crippen molar-refractivity contribution in [3.05, 3.63) is 53.6 Å². The smallest absolute Gasteiger partial charge is 0.135 e. The fraction of sp³-hybridized carbons (Fsp3) is 0.353. The number of nitrogens with zero attached hydrogens (tertiary/aromatic N) is 1. The highest BCUT2D eigenvalue weighted by molar-refractivity contribution is 5.40. The first kappa shape index (κ1) is 15.4. The summed E-state index contributed by atoms with van der Waals surface area (Å²) in [4.78, 5) is 4.13. The van der Waals surface area contributed by atoms with E-state index in [0.29, 0.717) is 18.0 Å². The number of benzene rings is 1. The van der Waals surface area contributed by atoms with E-state index in [2.05, 4.69) is 31.1 Å². The van der Waals surface area contributed by atoms with Crippen molar-refractivity contribution in [2.24, 2.45) is 0 Å². The Labute approximate surface area is 125 Å². The molecule has 2 rings (SSSR count). The molecule has 0 bridgehead atoms. The summed E-state index contributed by atoms with van der Waals surface area (Å²) < 4.78 is 19.2. The predicted molar refractivity (Wildman–Crippen MR) is 82.0 cm³/mol. The van der Waals surface area contributed by atoms with E-state index in [4.69, 9.17) is 4.74 Å². The standard InChI is InChI=1S/C17H21FN2O/c1-12-5-6-14(18)9-16(12)21-15-7-8-19-10-13(15)11-20-17(2,3)4/h5-10,20H,11H2,1-4H3. The Kier molecular flexibility index (Phi) is 4.58. The van der Waals surface area contributed by atoms with Crippen LogP contribution in [0.2, 0.25) is 0 Å². The van der Waals surface area contributed by atoms with Gasteiger partial charge in [0.2, 0.25) is 0 Å². The molecule has 2 aromatic rings. The zero-order valence-electron chi connectivity index (χ0n) is 12.9. The first-order valence-corrected chi connectivity index (χ1v) is 6.97. The van der Waals surface area contributed by atoms with Crippen molar-refractivity contribution in [3.63, 3.8) is 0 Å². The number of hydrogen-bond donors (Lipinski definition) is 1. The molecular formula is C17H21FN2O. The van der Waals surface area contributed by atoms with Crippen LogP contribution in [0.4, 0.5) is 4.39 Å². The molecule has 0 radical (unpaired) electrons. The predicted octanol–water partition coefficient (Wildman–Crippen LogP) is 4.21. The van der Waals surface area contributed by atoms with E-state index in [9.17, 15) is 4.39 Å². The lowest BCUT2D eigenvalue weighted by molar-refractivity contribution is 0.412. The summed E-state index contributed by atoms with van der Waals surface area (Å²) in [6, 6.07) is 6.33. The Hall–Kier alpha value is -1.94. The molecule has 0 aliphatic heterocycles. The van der Waals surface area contributed by atoms with Gasteiger partial charge in [-0.1, -0.05) is 6.07 Å². The van der Waals surface area contributed by atoms with Crippen LogP contribution in [-0.2, 0) is 6.54 Å². The summed E-state index contributed by atoms with van der Waals surface area (Å²) in [6.07, 6.45) is 3.44. The first-order valence-electron chi connectivity index (χ1n) is 6.97. The molecule has 0 spiro atoms. The second-order valence-corrected chi connectivity index (χ2v) is 6.10. The number of ether oxygens (including phenoxy) is 1. The molecule has 0 saturated heterocycles. The summed E-state index contributed by atoms with van der Waals surface area (Å²) >= 11 is 0. The summed E-state index contributed by atoms with van der Waals surface area (Å²) in [7, 11) is 0. The minimum Gasteiger partial charge on any atom is -0.457 e. The van der Waals surface area contributed by atoms with Crippen molar-refractivity contribution < 1.29 is 9.13 Å². The highest BCUT2D eigenvalue weighted by Gasteiger charge is 2.12. The molecule has 112 valence electrons. The Morgan fingerprint density at radius 3 is 2.67 bits per heavy atom. The third-order valence-corrected chi connectivity index (χ3v) is 3.04. The van der Waals surface area contributed by atoms with Crippen molar-refractivity contribution in [3.8, 4) is 11.5 Å². The maximum atomic E-state index is 13.4. The molecule has 1 heterocycles. The lowest BCUT2D eigenvalue weighted by Crippen LogP contribution is -2.35. The molecule has 0 aliphatic rings. The van der Waals surface area contributed by atoms with Gasteiger partial charge in [-0.3, -0.25) is 4.98 Å². The van der Waals surface area contributed by atoms with Crippen LogP contribution >= 0.6 is 0 Å². The molecule has 0 aliphatic carbocycles. The van der Waals surface area contributed by atoms with Gasteiger partial charge in [0.05, 0.1) is 0 Å². The second-order valence-electron chi connectivity index (χ2n) is 6.10. The molecule has 0 fully saturated rings. The van der Waals surface area contributed by atoms with Crippen molar-refractivity contribution in [2.75, 3.05) is 0 Å². The van der Waals surface area contributed by atoms with Gasteiger partial charge in [0.1, 0.15) is 17.3 Å². The van der Waals surface area contributed by atoms with Crippen LogP contribution in [0.25, 0.3) is 0 Å². The molecular weight excluding hydrogens is 267 g/mol. The Balaban J connectivity index is 2.22. The number of aryl methyl sites for hydroxylation is 1. The van der Waals surface area contributed by atoms with Gasteiger partial charge < -0.3 is 10.1 Å². The van der Waals surface area contributed by atoms with Crippen LogP contribution in [0.15, 0.2) is 36.7 Å². The highest BCUT2D eigenvalue weighted by atomic mass is 19.1. The SMILES string of the molecule is Cc1ccc(F)cc1Oc1ccncc1CNC(C)(C)C. The number of hydrogen-bond acceptors (Lipinski definition) is 3. The monoisotopic (exact) mass is 288 g/mol. The Morgan fingerprint density at radius 2 is 1.95 bits per heavy atom. The molecule has 3 nitrogen and oxygen atoms in total. The van der Waals surface area contributed by atoms with Gasteiger partial charge in [-0.2, -0.15) is 0 Å². The number of nitrogens with one attached hydrogen (secondary N) is 1. The number of halogens is 1. The largest absolute Gasteiger partial charge is 0.457 e. The molecule has 21 heavy (non-hydrogen) atoms. The summed E-state index contributed by atoms with van der Waals surface area (Å²) in [5.74, 6) is 0.910. The van der Waals surface area contributed by atoms with Crippen LogP contribution in [-0.4, -0.2) is 10.5 Å². The van der Waals surface area contributed by atoms with Crippen LogP contribution < -0.4 is 10.1 Å². The van der Waals surface area contributed by atoms with E-state index < -0.39 is 0 Å². The number of rotatable bonds is 4. The zero-order valence-corrected chi connectivity index (χ0v) is 12.9. The molecule has 0 atom stereocenters. The minimum absolute atomic E-state index is 0.00187. The van der Waals surface area contributed by atoms with Crippen LogP contribution in [0.1, 0.15) is 31.9 Å². The fourth-order valence-electron chi connectivity index (χ4n) is 1.81. The van der Waals surface area contributed by atoms with E-state index >= 15 is 0 Å². The third kappa shape index (κ3) is 4.53. The average Bonchev–Trinajstić information content (AvgIpc) is 2.41. The van der Waals surface area contributed by atoms with E-state index in [1.54, 1.807) is 24.5 Å². The fourth-order valence-corrected chi connectivity index (χ4v) is 1.81. The number of pyridine rings is 1. The van der Waals surface area contributed by atoms with Gasteiger partial charge in [-0.05, 0) is 45.4 Å². The van der Waals surface area contributed by atoms with Crippen molar-refractivity contribution in [1.82, 2.24) is 10.3 Å². The van der Waals surface area contributed by atoms with Crippen LogP contribution in [0.3, 0.4) is 0 Å². The maximum Gasteiger partial charge on any atom is 0.135 e. The van der Waals surface area contributed by atoms with Crippen molar-refractivity contribution >= 4 is 0 Å². The van der Waals surface area contributed by atoms with E-state index in [1.807, 2.05) is 6.92 Å². The molecule has 1 aromatic heterocycles. The van der Waals surface area contributed by atoms with Gasteiger partial charge in [0, 0.05) is 36.1 Å². The van der Waals surface area contributed by atoms with Gasteiger partial charge >= 0.3 is 0 Å². The van der Waals surface area contributed by atoms with Crippen molar-refractivity contribution in [2.45, 2.75) is 39.8 Å². The Morgan fingerprint density at radius 1 is 1.19 bits per heavy atom. The summed E-state index contributed by atoms with van der Waals surface area (Å²) in [6.45, 7) is 8.83. The van der Waals surface area contributed by atoms with Gasteiger partial charge in [-0.25, -0.2) is 4.39 Å². The Bertz CT molecular complexity index is 620. The van der Waals surface area contributed by atoms with Crippen LogP contribution in [0.5, 0.6) is 11.5 Å². The van der Waals surface area contributed by atoms with Gasteiger partial charge in [0.25, 0.3) is 0 Å². The van der Waals surface area contributed by atoms with Crippen LogP contribution in [0, 0.1) is 12.7 Å². The molecule has 1 N–H and O–H groups in total. The average molecular weight is 288 g/mol. The lowest BCUT2D eigenvalue weighted by Gasteiger charge is -2.21. The van der Waals surface area contributed by atoms with Gasteiger partial charge in [0.15, 0.2) is 0 Å². The summed E-state index contributed by atoms with van der Waals surface area (Å²) in [5, 5.41) is 3.40. The lowest BCUT2D eigenvalue weighted by atomic mass is 10.1. The second kappa shape index (κ2) is 6.22. The molecule has 4 heteroatoms. The third-order valence-electron chi connectivity index (χ3n) is 3.04. The quantitative estimate of drug-likeness (QED) is 0.915. The first-order chi connectivity index (χ1) is 9.85. The van der Waals surface area contributed by atoms with E-state index in [0.717, 1.165) is 11.1 Å². The molecule has 0 saturated carbocycles. The normalized spacial score (nSPS) is 11.5. The molecule has 1 aromatic carbocycles. The van der Waals surface area contributed by atoms with E-state index in [1.165, 1.54) is 12.1 Å². The topological polar surface area (TPSA) is 34.1 Å². The zero-order chi connectivity index (χ0) is 15.5. The van der Waals surface area contributed by atoms with E-state index in [-0.39, 0.29) is 11.4 Å².